The van der Waals surface area contributed by atoms with Crippen molar-refractivity contribution >= 4 is 48.1 Å². The standard InChI is InChI=1S/C11H26S3Si/c12-8-2-1-5-11(15,6-3-9-13)7-4-10-14/h12-14H,1-10H2,15H3. The van der Waals surface area contributed by atoms with E-state index in [2.05, 4.69) is 37.9 Å². The van der Waals surface area contributed by atoms with Gasteiger partial charge in [0, 0.05) is 10.2 Å². The third-order valence-corrected chi connectivity index (χ3v) is 5.51. The molecular weight excluding hydrogens is 256 g/mol. The number of rotatable bonds is 10. The molecule has 0 unspecified atom stereocenters. The predicted molar refractivity (Wildman–Crippen MR) is 86.5 cm³/mol. The number of hydrogen-bond donors (Lipinski definition) is 3. The Morgan fingerprint density at radius 1 is 0.667 bits per heavy atom. The molecule has 0 bridgehead atoms. The van der Waals surface area contributed by atoms with Crippen LogP contribution in [-0.2, 0) is 0 Å². The summed E-state index contributed by atoms with van der Waals surface area (Å²) in [4.78, 5) is 0. The SMILES string of the molecule is [SiH3]C(CCCS)(CCCS)CCCCS. The first-order valence-electron chi connectivity index (χ1n) is 6.01. The van der Waals surface area contributed by atoms with Gasteiger partial charge in [0.15, 0.2) is 0 Å². The highest BCUT2D eigenvalue weighted by atomic mass is 32.1. The second kappa shape index (κ2) is 10.4. The normalized spacial score (nSPS) is 12.2. The minimum absolute atomic E-state index is 0.661. The van der Waals surface area contributed by atoms with E-state index in [9.17, 15) is 0 Å². The molecule has 15 heavy (non-hydrogen) atoms. The van der Waals surface area contributed by atoms with Crippen LogP contribution in [0.3, 0.4) is 0 Å². The van der Waals surface area contributed by atoms with E-state index in [1.807, 2.05) is 0 Å². The largest absolute Gasteiger partial charge is 0.179 e. The van der Waals surface area contributed by atoms with Crippen LogP contribution >= 0.6 is 37.9 Å². The van der Waals surface area contributed by atoms with E-state index >= 15 is 0 Å². The molecule has 0 heterocycles. The summed E-state index contributed by atoms with van der Waals surface area (Å²) in [7, 11) is 1.32. The van der Waals surface area contributed by atoms with Gasteiger partial charge in [0.25, 0.3) is 0 Å². The van der Waals surface area contributed by atoms with E-state index in [1.165, 1.54) is 55.2 Å². The Kier molecular flexibility index (Phi) is 11.3. The summed E-state index contributed by atoms with van der Waals surface area (Å²) in [5.74, 6) is 3.12. The fourth-order valence-electron chi connectivity index (χ4n) is 2.05. The number of thiol groups is 3. The van der Waals surface area contributed by atoms with Gasteiger partial charge in [0.1, 0.15) is 0 Å². The molecule has 0 N–H and O–H groups in total. The van der Waals surface area contributed by atoms with E-state index in [0.717, 1.165) is 17.3 Å². The van der Waals surface area contributed by atoms with E-state index in [-0.39, 0.29) is 0 Å². The third-order valence-electron chi connectivity index (χ3n) is 3.07. The Morgan fingerprint density at radius 2 is 1.07 bits per heavy atom. The van der Waals surface area contributed by atoms with Crippen molar-refractivity contribution in [3.05, 3.63) is 0 Å². The molecular formula is C11H26S3Si. The lowest BCUT2D eigenvalue weighted by atomic mass is 9.91. The molecule has 0 rings (SSSR count). The zero-order valence-electron chi connectivity index (χ0n) is 9.91. The van der Waals surface area contributed by atoms with Gasteiger partial charge in [-0.1, -0.05) is 25.7 Å². The quantitative estimate of drug-likeness (QED) is 0.306. The van der Waals surface area contributed by atoms with Crippen LogP contribution in [0.25, 0.3) is 0 Å². The molecule has 0 spiro atoms. The minimum atomic E-state index is 0.661. The van der Waals surface area contributed by atoms with Crippen molar-refractivity contribution in [2.24, 2.45) is 0 Å². The van der Waals surface area contributed by atoms with Gasteiger partial charge in [-0.3, -0.25) is 0 Å². The summed E-state index contributed by atoms with van der Waals surface area (Å²) in [6, 6.07) is 0. The highest BCUT2D eigenvalue weighted by molar-refractivity contribution is 7.80. The zero-order valence-corrected chi connectivity index (χ0v) is 14.6. The average Bonchev–Trinajstić information content (AvgIpc) is 2.24. The second-order valence-electron chi connectivity index (χ2n) is 4.65. The van der Waals surface area contributed by atoms with Crippen molar-refractivity contribution in [2.75, 3.05) is 17.3 Å². The first-order chi connectivity index (χ1) is 7.18. The van der Waals surface area contributed by atoms with Crippen molar-refractivity contribution in [1.82, 2.24) is 0 Å². The van der Waals surface area contributed by atoms with Crippen LogP contribution in [-0.4, -0.2) is 27.5 Å². The van der Waals surface area contributed by atoms with Gasteiger partial charge in [0.2, 0.25) is 0 Å². The van der Waals surface area contributed by atoms with Gasteiger partial charge in [0.05, 0.1) is 0 Å². The molecule has 0 aromatic carbocycles. The molecule has 4 heteroatoms. The van der Waals surface area contributed by atoms with Crippen molar-refractivity contribution in [3.8, 4) is 0 Å². The Morgan fingerprint density at radius 3 is 1.47 bits per heavy atom. The molecule has 0 saturated heterocycles. The van der Waals surface area contributed by atoms with Crippen molar-refractivity contribution in [3.63, 3.8) is 0 Å². The van der Waals surface area contributed by atoms with E-state index in [0.29, 0.717) is 5.04 Å². The molecule has 0 nitrogen and oxygen atoms in total. The van der Waals surface area contributed by atoms with Crippen LogP contribution in [0.4, 0.5) is 0 Å². The third kappa shape index (κ3) is 9.01. The molecule has 0 aliphatic rings. The van der Waals surface area contributed by atoms with Gasteiger partial charge in [-0.15, -0.1) is 0 Å². The van der Waals surface area contributed by atoms with Crippen LogP contribution in [0.15, 0.2) is 0 Å². The Bertz CT molecular complexity index is 134. The lowest BCUT2D eigenvalue weighted by molar-refractivity contribution is 0.424. The highest BCUT2D eigenvalue weighted by Gasteiger charge is 2.22. The molecule has 0 fully saturated rings. The van der Waals surface area contributed by atoms with Gasteiger partial charge >= 0.3 is 0 Å². The van der Waals surface area contributed by atoms with Crippen LogP contribution < -0.4 is 0 Å². The van der Waals surface area contributed by atoms with Crippen molar-refractivity contribution in [2.45, 2.75) is 50.0 Å². The van der Waals surface area contributed by atoms with Gasteiger partial charge in [-0.25, -0.2) is 0 Å². The summed E-state index contributed by atoms with van der Waals surface area (Å²) in [5, 5.41) is 0.661. The first-order valence-corrected chi connectivity index (χ1v) is 8.91. The summed E-state index contributed by atoms with van der Waals surface area (Å²) in [5.41, 5.74) is 0. The fraction of sp³-hybridized carbons (Fsp3) is 1.00. The Balaban J connectivity index is 3.89. The predicted octanol–water partition coefficient (Wildman–Crippen LogP) is 3.03. The maximum Gasteiger partial charge on any atom is 0.0106 e. The lowest BCUT2D eigenvalue weighted by Crippen LogP contribution is -2.14. The molecule has 0 saturated carbocycles. The van der Waals surface area contributed by atoms with Crippen molar-refractivity contribution in [1.29, 1.82) is 0 Å². The summed E-state index contributed by atoms with van der Waals surface area (Å²) < 4.78 is 0. The van der Waals surface area contributed by atoms with Crippen LogP contribution in [0.1, 0.15) is 44.9 Å². The molecule has 0 aliphatic carbocycles. The second-order valence-corrected chi connectivity index (χ2v) is 8.11. The summed E-state index contributed by atoms with van der Waals surface area (Å²) in [6.07, 6.45) is 9.34. The Labute approximate surface area is 115 Å². The summed E-state index contributed by atoms with van der Waals surface area (Å²) >= 11 is 12.9. The van der Waals surface area contributed by atoms with E-state index < -0.39 is 0 Å². The molecule has 0 aliphatic heterocycles. The molecule has 92 valence electrons. The number of hydrogen-bond acceptors (Lipinski definition) is 3. The van der Waals surface area contributed by atoms with Gasteiger partial charge in [-0.2, -0.15) is 37.9 Å². The maximum atomic E-state index is 4.32. The van der Waals surface area contributed by atoms with Crippen LogP contribution in [0, 0.1) is 0 Å². The smallest absolute Gasteiger partial charge is 0.0106 e. The van der Waals surface area contributed by atoms with Gasteiger partial charge in [-0.05, 0) is 41.6 Å². The van der Waals surface area contributed by atoms with E-state index in [1.54, 1.807) is 0 Å². The highest BCUT2D eigenvalue weighted by Crippen LogP contribution is 2.39. The molecule has 0 amide bonds. The number of unbranched alkanes of at least 4 members (excludes halogenated alkanes) is 1. The Hall–Kier alpha value is 1.27. The lowest BCUT2D eigenvalue weighted by Gasteiger charge is -2.29. The molecule has 0 aromatic heterocycles. The topological polar surface area (TPSA) is 0 Å². The molecule has 0 atom stereocenters. The molecule has 0 radical (unpaired) electrons. The zero-order chi connectivity index (χ0) is 11.6. The van der Waals surface area contributed by atoms with Gasteiger partial charge < -0.3 is 0 Å². The maximum absolute atomic E-state index is 4.32. The fourth-order valence-corrected chi connectivity index (χ4v) is 3.65. The molecule has 0 aromatic rings. The van der Waals surface area contributed by atoms with Crippen LogP contribution in [0.5, 0.6) is 0 Å². The van der Waals surface area contributed by atoms with Crippen LogP contribution in [0.2, 0.25) is 5.04 Å². The first kappa shape index (κ1) is 16.3. The average molecular weight is 283 g/mol. The van der Waals surface area contributed by atoms with E-state index in [4.69, 9.17) is 0 Å². The monoisotopic (exact) mass is 282 g/mol. The van der Waals surface area contributed by atoms with Crippen molar-refractivity contribution < 1.29 is 0 Å². The minimum Gasteiger partial charge on any atom is -0.179 e. The summed E-state index contributed by atoms with van der Waals surface area (Å²) in [6.45, 7) is 0.